The van der Waals surface area contributed by atoms with Crippen LogP contribution in [0.4, 0.5) is 0 Å². The summed E-state index contributed by atoms with van der Waals surface area (Å²) in [6, 6.07) is 17.3. The number of nitrogens with zero attached hydrogens (tertiary/aromatic N) is 1. The average molecular weight is 340 g/mol. The van der Waals surface area contributed by atoms with Crippen molar-refractivity contribution in [1.29, 1.82) is 0 Å². The second-order valence-electron chi connectivity index (χ2n) is 7.38. The molecule has 0 unspecified atom stereocenters. The fourth-order valence-corrected chi connectivity index (χ4v) is 2.77. The van der Waals surface area contributed by atoms with E-state index in [-0.39, 0.29) is 11.3 Å². The van der Waals surface area contributed by atoms with Crippen molar-refractivity contribution in [3.05, 3.63) is 65.7 Å². The Morgan fingerprint density at radius 2 is 1.68 bits per heavy atom. The molecular formula is C21H28N2O2. The van der Waals surface area contributed by atoms with Gasteiger partial charge in [-0.25, -0.2) is 0 Å². The first-order valence-electron chi connectivity index (χ1n) is 8.55. The molecule has 2 aromatic carbocycles. The Kier molecular flexibility index (Phi) is 6.59. The van der Waals surface area contributed by atoms with Gasteiger partial charge in [-0.3, -0.25) is 4.79 Å². The third kappa shape index (κ3) is 6.59. The maximum atomic E-state index is 12.3. The number of hydrogen-bond acceptors (Lipinski definition) is 3. The van der Waals surface area contributed by atoms with Gasteiger partial charge in [0.2, 0.25) is 0 Å². The van der Waals surface area contributed by atoms with Gasteiger partial charge in [-0.2, -0.15) is 0 Å². The van der Waals surface area contributed by atoms with Crippen LogP contribution in [0, 0.1) is 5.41 Å². The second-order valence-corrected chi connectivity index (χ2v) is 7.38. The Balaban J connectivity index is 1.85. The van der Waals surface area contributed by atoms with Crippen LogP contribution in [0.15, 0.2) is 54.6 Å². The molecule has 134 valence electrons. The molecule has 0 aliphatic carbocycles. The summed E-state index contributed by atoms with van der Waals surface area (Å²) in [4.78, 5) is 14.4. The molecule has 0 saturated carbocycles. The van der Waals surface area contributed by atoms with Gasteiger partial charge < -0.3 is 15.0 Å². The number of amides is 1. The van der Waals surface area contributed by atoms with Crippen molar-refractivity contribution in [2.75, 3.05) is 27.2 Å². The standard InChI is InChI=1S/C21H28N2O2/c1-21(2,16-23(3)4)15-22-20(24)18-12-10-17(11-13-18)14-25-19-8-6-5-7-9-19/h5-13H,14-16H2,1-4H3,(H,22,24). The third-order valence-electron chi connectivity index (χ3n) is 3.84. The molecule has 0 heterocycles. The van der Waals surface area contributed by atoms with E-state index in [0.717, 1.165) is 17.9 Å². The minimum atomic E-state index is -0.0395. The van der Waals surface area contributed by atoms with E-state index in [1.165, 1.54) is 0 Å². The number of para-hydroxylation sites is 1. The molecule has 0 spiro atoms. The summed E-state index contributed by atoms with van der Waals surface area (Å²) in [5.74, 6) is 0.801. The van der Waals surface area contributed by atoms with Crippen molar-refractivity contribution in [2.45, 2.75) is 20.5 Å². The number of rotatable bonds is 8. The highest BCUT2D eigenvalue weighted by Gasteiger charge is 2.20. The first-order chi connectivity index (χ1) is 11.9. The van der Waals surface area contributed by atoms with Crippen molar-refractivity contribution in [2.24, 2.45) is 5.41 Å². The first-order valence-corrected chi connectivity index (χ1v) is 8.55. The lowest BCUT2D eigenvalue weighted by Crippen LogP contribution is -2.39. The van der Waals surface area contributed by atoms with E-state index < -0.39 is 0 Å². The molecule has 1 N–H and O–H groups in total. The normalized spacial score (nSPS) is 11.4. The van der Waals surface area contributed by atoms with Gasteiger partial charge in [0.25, 0.3) is 5.91 Å². The number of carbonyl (C=O) groups is 1. The lowest BCUT2D eigenvalue weighted by atomic mass is 9.93. The lowest BCUT2D eigenvalue weighted by molar-refractivity contribution is 0.0929. The second kappa shape index (κ2) is 8.67. The summed E-state index contributed by atoms with van der Waals surface area (Å²) >= 11 is 0. The highest BCUT2D eigenvalue weighted by molar-refractivity contribution is 5.94. The SMILES string of the molecule is CN(C)CC(C)(C)CNC(=O)c1ccc(COc2ccccc2)cc1. The van der Waals surface area contributed by atoms with Crippen LogP contribution in [-0.2, 0) is 6.61 Å². The summed E-state index contributed by atoms with van der Waals surface area (Å²) in [5.41, 5.74) is 1.74. The van der Waals surface area contributed by atoms with Crippen LogP contribution >= 0.6 is 0 Å². The molecule has 0 fully saturated rings. The van der Waals surface area contributed by atoms with Crippen molar-refractivity contribution in [3.63, 3.8) is 0 Å². The molecular weight excluding hydrogens is 312 g/mol. The first kappa shape index (κ1) is 19.0. The molecule has 0 aromatic heterocycles. The summed E-state index contributed by atoms with van der Waals surface area (Å²) in [6.07, 6.45) is 0. The van der Waals surface area contributed by atoms with Gasteiger partial charge in [0.15, 0.2) is 0 Å². The van der Waals surface area contributed by atoms with Crippen molar-refractivity contribution in [3.8, 4) is 5.75 Å². The Morgan fingerprint density at radius 1 is 1.04 bits per heavy atom. The fourth-order valence-electron chi connectivity index (χ4n) is 2.77. The summed E-state index contributed by atoms with van der Waals surface area (Å²) in [5, 5.41) is 3.03. The van der Waals surface area contributed by atoms with Crippen LogP contribution in [0.2, 0.25) is 0 Å². The minimum absolute atomic E-state index is 0.0304. The monoisotopic (exact) mass is 340 g/mol. The number of benzene rings is 2. The van der Waals surface area contributed by atoms with Crippen LogP contribution < -0.4 is 10.1 Å². The molecule has 0 radical (unpaired) electrons. The topological polar surface area (TPSA) is 41.6 Å². The van der Waals surface area contributed by atoms with Crippen molar-refractivity contribution in [1.82, 2.24) is 10.2 Å². The highest BCUT2D eigenvalue weighted by Crippen LogP contribution is 2.15. The molecule has 4 heteroatoms. The number of hydrogen-bond donors (Lipinski definition) is 1. The zero-order chi connectivity index (χ0) is 18.3. The smallest absolute Gasteiger partial charge is 0.251 e. The molecule has 4 nitrogen and oxygen atoms in total. The van der Waals surface area contributed by atoms with Gasteiger partial charge in [0.05, 0.1) is 0 Å². The van der Waals surface area contributed by atoms with Gasteiger partial charge in [0, 0.05) is 18.7 Å². The fraction of sp³-hybridized carbons (Fsp3) is 0.381. The third-order valence-corrected chi connectivity index (χ3v) is 3.84. The van der Waals surface area contributed by atoms with Crippen LogP contribution in [0.3, 0.4) is 0 Å². The Hall–Kier alpha value is -2.33. The van der Waals surface area contributed by atoms with E-state index in [2.05, 4.69) is 24.1 Å². The van der Waals surface area contributed by atoms with E-state index in [9.17, 15) is 4.79 Å². The van der Waals surface area contributed by atoms with Gasteiger partial charge in [-0.1, -0.05) is 44.2 Å². The van der Waals surface area contributed by atoms with Crippen LogP contribution in [0.5, 0.6) is 5.75 Å². The van der Waals surface area contributed by atoms with Crippen LogP contribution in [0.1, 0.15) is 29.8 Å². The predicted octanol–water partition coefficient (Wildman–Crippen LogP) is 3.58. The molecule has 2 aromatic rings. The van der Waals surface area contributed by atoms with Gasteiger partial charge >= 0.3 is 0 Å². The van der Waals surface area contributed by atoms with Gasteiger partial charge in [-0.15, -0.1) is 0 Å². The number of ether oxygens (including phenoxy) is 1. The number of nitrogens with one attached hydrogen (secondary N) is 1. The van der Waals surface area contributed by atoms with Crippen molar-refractivity contribution < 1.29 is 9.53 Å². The van der Waals surface area contributed by atoms with E-state index in [1.807, 2.05) is 68.7 Å². The molecule has 2 rings (SSSR count). The zero-order valence-corrected chi connectivity index (χ0v) is 15.6. The Bertz CT molecular complexity index is 664. The van der Waals surface area contributed by atoms with E-state index in [1.54, 1.807) is 0 Å². The van der Waals surface area contributed by atoms with Crippen LogP contribution in [0.25, 0.3) is 0 Å². The molecule has 1 amide bonds. The average Bonchev–Trinajstić information content (AvgIpc) is 2.58. The van der Waals surface area contributed by atoms with E-state index >= 15 is 0 Å². The molecule has 25 heavy (non-hydrogen) atoms. The van der Waals surface area contributed by atoms with Crippen LogP contribution in [-0.4, -0.2) is 38.0 Å². The Labute approximate surface area is 150 Å². The largest absolute Gasteiger partial charge is 0.489 e. The zero-order valence-electron chi connectivity index (χ0n) is 15.6. The Morgan fingerprint density at radius 3 is 2.28 bits per heavy atom. The van der Waals surface area contributed by atoms with E-state index in [4.69, 9.17) is 4.74 Å². The maximum absolute atomic E-state index is 12.3. The van der Waals surface area contributed by atoms with E-state index in [0.29, 0.717) is 18.7 Å². The quantitative estimate of drug-likeness (QED) is 0.798. The van der Waals surface area contributed by atoms with Crippen molar-refractivity contribution >= 4 is 5.91 Å². The number of carbonyl (C=O) groups excluding carboxylic acids is 1. The maximum Gasteiger partial charge on any atom is 0.251 e. The molecule has 0 aliphatic rings. The molecule has 0 bridgehead atoms. The predicted molar refractivity (Wildman–Crippen MR) is 102 cm³/mol. The van der Waals surface area contributed by atoms with Gasteiger partial charge in [-0.05, 0) is 49.3 Å². The lowest BCUT2D eigenvalue weighted by Gasteiger charge is -2.28. The summed E-state index contributed by atoms with van der Waals surface area (Å²) in [6.45, 7) is 6.35. The molecule has 0 atom stereocenters. The molecule has 0 saturated heterocycles. The molecule has 0 aliphatic heterocycles. The minimum Gasteiger partial charge on any atom is -0.489 e. The summed E-state index contributed by atoms with van der Waals surface area (Å²) in [7, 11) is 4.08. The summed E-state index contributed by atoms with van der Waals surface area (Å²) < 4.78 is 5.72. The van der Waals surface area contributed by atoms with Gasteiger partial charge in [0.1, 0.15) is 12.4 Å². The highest BCUT2D eigenvalue weighted by atomic mass is 16.5.